The van der Waals surface area contributed by atoms with E-state index in [4.69, 9.17) is 11.6 Å². The normalized spacial score (nSPS) is 20.4. The minimum absolute atomic E-state index is 0.0453. The maximum atomic E-state index is 16.1. The number of hydrogen-bond donors (Lipinski definition) is 2. The lowest BCUT2D eigenvalue weighted by atomic mass is 9.75. The molecule has 0 atom stereocenters. The van der Waals surface area contributed by atoms with Crippen LogP contribution in [-0.2, 0) is 0 Å². The highest BCUT2D eigenvalue weighted by atomic mass is 35.5. The lowest BCUT2D eigenvalue weighted by Crippen LogP contribution is -2.54. The summed E-state index contributed by atoms with van der Waals surface area (Å²) in [6, 6.07) is 13.0. The largest absolute Gasteiger partial charge is 0.508 e. The highest BCUT2D eigenvalue weighted by Gasteiger charge is 2.36. The standard InChI is InChI=1S/C29H28ClFN4O2/c1-17(15-36)19-10-20(11-19)34-6-8-35(9-7-34)29-24-14-25(30)26(27(31)28(24)32-16-33-29)23-13-21(37)12-18-4-2-3-5-22(18)23/h2-5,12-14,16,19-20,36-37H,1,6-11,15H2. The van der Waals surface area contributed by atoms with E-state index in [0.29, 0.717) is 28.7 Å². The van der Waals surface area contributed by atoms with Crippen LogP contribution in [0.2, 0.25) is 5.02 Å². The van der Waals surface area contributed by atoms with Crippen LogP contribution in [0.15, 0.2) is 60.9 Å². The van der Waals surface area contributed by atoms with Crippen molar-refractivity contribution >= 4 is 39.1 Å². The lowest BCUT2D eigenvalue weighted by molar-refractivity contribution is 0.0828. The Kier molecular flexibility index (Phi) is 6.23. The summed E-state index contributed by atoms with van der Waals surface area (Å²) in [5.74, 6) is 0.619. The first-order chi connectivity index (χ1) is 17.9. The topological polar surface area (TPSA) is 72.7 Å². The summed E-state index contributed by atoms with van der Waals surface area (Å²) in [6.45, 7) is 7.35. The van der Waals surface area contributed by atoms with Gasteiger partial charge in [-0.3, -0.25) is 4.90 Å². The van der Waals surface area contributed by atoms with Crippen LogP contribution in [0.5, 0.6) is 5.75 Å². The number of halogens is 2. The number of rotatable bonds is 5. The van der Waals surface area contributed by atoms with Crippen molar-refractivity contribution in [3.8, 4) is 16.9 Å². The predicted octanol–water partition coefficient (Wildman–Crippen LogP) is 5.40. The Balaban J connectivity index is 1.30. The van der Waals surface area contributed by atoms with Crippen LogP contribution in [0.1, 0.15) is 12.8 Å². The summed E-state index contributed by atoms with van der Waals surface area (Å²) in [7, 11) is 0. The molecule has 190 valence electrons. The lowest BCUT2D eigenvalue weighted by Gasteiger charge is -2.47. The van der Waals surface area contributed by atoms with Gasteiger partial charge in [-0.2, -0.15) is 0 Å². The number of hydrogen-bond acceptors (Lipinski definition) is 6. The minimum atomic E-state index is -0.523. The van der Waals surface area contributed by atoms with Crippen LogP contribution >= 0.6 is 11.6 Å². The van der Waals surface area contributed by atoms with Gasteiger partial charge >= 0.3 is 0 Å². The molecule has 6 rings (SSSR count). The molecule has 3 aromatic carbocycles. The second-order valence-electron chi connectivity index (χ2n) is 10.0. The minimum Gasteiger partial charge on any atom is -0.508 e. The number of aromatic nitrogens is 2. The van der Waals surface area contributed by atoms with Crippen LogP contribution in [0.3, 0.4) is 0 Å². The van der Waals surface area contributed by atoms with Crippen molar-refractivity contribution in [2.45, 2.75) is 18.9 Å². The molecular formula is C29H28ClFN4O2. The van der Waals surface area contributed by atoms with E-state index in [9.17, 15) is 10.2 Å². The van der Waals surface area contributed by atoms with E-state index in [-0.39, 0.29) is 28.5 Å². The fourth-order valence-corrected chi connectivity index (χ4v) is 6.06. The molecule has 1 aromatic heterocycles. The van der Waals surface area contributed by atoms with E-state index in [1.165, 1.54) is 6.33 Å². The zero-order valence-electron chi connectivity index (χ0n) is 20.4. The van der Waals surface area contributed by atoms with Gasteiger partial charge in [-0.25, -0.2) is 14.4 Å². The summed E-state index contributed by atoms with van der Waals surface area (Å²) in [5.41, 5.74) is 1.89. The number of aliphatic hydroxyl groups excluding tert-OH is 1. The average Bonchev–Trinajstić information content (AvgIpc) is 2.88. The number of fused-ring (bicyclic) bond motifs is 2. The Morgan fingerprint density at radius 2 is 1.81 bits per heavy atom. The molecule has 0 spiro atoms. The van der Waals surface area contributed by atoms with Gasteiger partial charge in [-0.15, -0.1) is 0 Å². The second-order valence-corrected chi connectivity index (χ2v) is 10.4. The average molecular weight is 519 g/mol. The molecule has 0 amide bonds. The van der Waals surface area contributed by atoms with Gasteiger partial charge in [0.15, 0.2) is 5.82 Å². The molecule has 1 aliphatic heterocycles. The van der Waals surface area contributed by atoms with Crippen molar-refractivity contribution in [3.05, 3.63) is 71.8 Å². The molecule has 0 radical (unpaired) electrons. The molecule has 37 heavy (non-hydrogen) atoms. The Bertz CT molecular complexity index is 1510. The van der Waals surface area contributed by atoms with E-state index in [0.717, 1.165) is 55.4 Å². The van der Waals surface area contributed by atoms with Gasteiger partial charge in [0.05, 0.1) is 11.6 Å². The molecule has 6 nitrogen and oxygen atoms in total. The highest BCUT2D eigenvalue weighted by Crippen LogP contribution is 2.42. The number of phenolic OH excluding ortho intramolecular Hbond substituents is 1. The first-order valence-electron chi connectivity index (χ1n) is 12.6. The third-order valence-electron chi connectivity index (χ3n) is 7.94. The smallest absolute Gasteiger partial charge is 0.158 e. The molecule has 1 aliphatic carbocycles. The third-order valence-corrected chi connectivity index (χ3v) is 8.24. The first kappa shape index (κ1) is 24.1. The van der Waals surface area contributed by atoms with Crippen molar-refractivity contribution in [1.29, 1.82) is 0 Å². The molecule has 0 bridgehead atoms. The molecule has 2 aliphatic rings. The van der Waals surface area contributed by atoms with E-state index in [1.54, 1.807) is 18.2 Å². The van der Waals surface area contributed by atoms with Gasteiger partial charge in [0.25, 0.3) is 0 Å². The van der Waals surface area contributed by atoms with Crippen LogP contribution in [-0.4, -0.2) is 63.9 Å². The molecule has 1 saturated heterocycles. The maximum Gasteiger partial charge on any atom is 0.158 e. The number of benzene rings is 3. The number of anilines is 1. The van der Waals surface area contributed by atoms with Crippen LogP contribution in [0.4, 0.5) is 10.2 Å². The van der Waals surface area contributed by atoms with E-state index in [2.05, 4.69) is 26.3 Å². The van der Waals surface area contributed by atoms with Gasteiger partial charge in [-0.1, -0.05) is 42.4 Å². The fourth-order valence-electron chi connectivity index (χ4n) is 5.76. The zero-order chi connectivity index (χ0) is 25.7. The predicted molar refractivity (Wildman–Crippen MR) is 146 cm³/mol. The number of piperazine rings is 1. The summed E-state index contributed by atoms with van der Waals surface area (Å²) in [6.07, 6.45) is 3.49. The van der Waals surface area contributed by atoms with Crippen LogP contribution < -0.4 is 4.90 Å². The van der Waals surface area contributed by atoms with E-state index < -0.39 is 5.82 Å². The first-order valence-corrected chi connectivity index (χ1v) is 12.9. The Morgan fingerprint density at radius 3 is 2.57 bits per heavy atom. The zero-order valence-corrected chi connectivity index (χ0v) is 21.1. The van der Waals surface area contributed by atoms with Gasteiger partial charge in [-0.05, 0) is 58.9 Å². The molecule has 4 aromatic rings. The van der Waals surface area contributed by atoms with Crippen LogP contribution in [0.25, 0.3) is 32.8 Å². The molecule has 2 fully saturated rings. The SMILES string of the molecule is C=C(CO)C1CC(N2CCN(c3ncnc4c(F)c(-c5cc(O)cc6ccccc56)c(Cl)cc34)CC2)C1. The molecule has 0 unspecified atom stereocenters. The molecule has 2 N–H and O–H groups in total. The number of aromatic hydroxyl groups is 1. The molecular weight excluding hydrogens is 491 g/mol. The van der Waals surface area contributed by atoms with E-state index in [1.807, 2.05) is 24.3 Å². The van der Waals surface area contributed by atoms with Crippen molar-refractivity contribution in [2.75, 3.05) is 37.7 Å². The summed E-state index contributed by atoms with van der Waals surface area (Å²) >= 11 is 6.72. The van der Waals surface area contributed by atoms with E-state index >= 15 is 4.39 Å². The Hall–Kier alpha value is -3.26. The van der Waals surface area contributed by atoms with Crippen molar-refractivity contribution in [1.82, 2.24) is 14.9 Å². The van der Waals surface area contributed by atoms with Crippen molar-refractivity contribution in [2.24, 2.45) is 5.92 Å². The fraction of sp³-hybridized carbons (Fsp3) is 0.310. The monoisotopic (exact) mass is 518 g/mol. The molecule has 2 heterocycles. The summed E-state index contributed by atoms with van der Waals surface area (Å²) in [4.78, 5) is 13.5. The summed E-state index contributed by atoms with van der Waals surface area (Å²) < 4.78 is 16.1. The third kappa shape index (κ3) is 4.21. The number of phenols is 1. The van der Waals surface area contributed by atoms with Crippen molar-refractivity contribution in [3.63, 3.8) is 0 Å². The van der Waals surface area contributed by atoms with Crippen molar-refractivity contribution < 1.29 is 14.6 Å². The van der Waals surface area contributed by atoms with Gasteiger partial charge < -0.3 is 15.1 Å². The van der Waals surface area contributed by atoms with Gasteiger partial charge in [0, 0.05) is 43.2 Å². The van der Waals surface area contributed by atoms with Gasteiger partial charge in [0.1, 0.15) is 23.4 Å². The van der Waals surface area contributed by atoms with Gasteiger partial charge in [0.2, 0.25) is 0 Å². The second kappa shape index (κ2) is 9.56. The quantitative estimate of drug-likeness (QED) is 0.345. The Labute approximate surface area is 219 Å². The number of nitrogens with zero attached hydrogens (tertiary/aromatic N) is 4. The number of aliphatic hydroxyl groups is 1. The molecule has 1 saturated carbocycles. The molecule has 8 heteroatoms. The Morgan fingerprint density at radius 1 is 1.05 bits per heavy atom. The summed E-state index contributed by atoms with van der Waals surface area (Å²) in [5, 5.41) is 22.0. The van der Waals surface area contributed by atoms with Crippen LogP contribution in [0, 0.1) is 11.7 Å². The maximum absolute atomic E-state index is 16.1. The highest BCUT2D eigenvalue weighted by molar-refractivity contribution is 6.35.